The third-order valence-corrected chi connectivity index (χ3v) is 5.59. The van der Waals surface area contributed by atoms with E-state index in [1.165, 1.54) is 6.07 Å². The average Bonchev–Trinajstić information content (AvgIpc) is 3.21. The van der Waals surface area contributed by atoms with Gasteiger partial charge in [-0.2, -0.15) is 8.78 Å². The minimum Gasteiger partial charge on any atom is -0.493 e. The molecule has 0 amide bonds. The molecule has 4 aromatic rings. The molecule has 8 heteroatoms. The number of aromatic nitrogens is 2. The van der Waals surface area contributed by atoms with Crippen molar-refractivity contribution in [3.63, 3.8) is 0 Å². The van der Waals surface area contributed by atoms with Crippen LogP contribution in [0.25, 0.3) is 16.7 Å². The zero-order chi connectivity index (χ0) is 22.9. The number of para-hydroxylation sites is 4. The van der Waals surface area contributed by atoms with Gasteiger partial charge in [0.25, 0.3) is 0 Å². The van der Waals surface area contributed by atoms with Crippen LogP contribution in [0.15, 0.2) is 72.8 Å². The first kappa shape index (κ1) is 20.8. The second-order valence-corrected chi connectivity index (χ2v) is 7.40. The van der Waals surface area contributed by atoms with Crippen LogP contribution in [0.5, 0.6) is 17.2 Å². The maximum Gasteiger partial charge on any atom is 0.387 e. The number of ether oxygens (including phenoxy) is 3. The number of anilines is 1. The van der Waals surface area contributed by atoms with Crippen LogP contribution in [-0.2, 0) is 0 Å². The van der Waals surface area contributed by atoms with Crippen LogP contribution in [0.3, 0.4) is 0 Å². The molecule has 1 atom stereocenters. The Morgan fingerprint density at radius 1 is 0.909 bits per heavy atom. The Hall–Kier alpha value is -4.07. The lowest BCUT2D eigenvalue weighted by Crippen LogP contribution is -2.20. The Morgan fingerprint density at radius 2 is 1.67 bits per heavy atom. The van der Waals surface area contributed by atoms with E-state index in [0.29, 0.717) is 28.7 Å². The Kier molecular flexibility index (Phi) is 5.34. The molecule has 3 aromatic carbocycles. The molecule has 1 aliphatic heterocycles. The molecule has 5 rings (SSSR count). The Bertz CT molecular complexity index is 1350. The number of methoxy groups -OCH3 is 2. The normalized spacial score (nSPS) is 15.1. The van der Waals surface area contributed by atoms with Gasteiger partial charge >= 0.3 is 6.61 Å². The van der Waals surface area contributed by atoms with E-state index in [1.54, 1.807) is 32.4 Å². The molecule has 0 radical (unpaired) electrons. The molecule has 0 bridgehead atoms. The van der Waals surface area contributed by atoms with E-state index in [4.69, 9.17) is 19.2 Å². The van der Waals surface area contributed by atoms with Crippen molar-refractivity contribution in [3.8, 4) is 17.2 Å². The standard InChI is InChI=1S/C25H21F2N3O3/c1-31-22-13-7-9-16(23(22)32-2)20-14-18(15-8-3-6-12-21(15)33-24(26)27)29-25-28-17-10-4-5-11-19(17)30(20)25/h3-14,20,24H,1-2H3,(H,28,29)/t20-/m1/s1. The lowest BCUT2D eigenvalue weighted by molar-refractivity contribution is -0.0500. The summed E-state index contributed by atoms with van der Waals surface area (Å²) in [7, 11) is 3.17. The summed E-state index contributed by atoms with van der Waals surface area (Å²) in [5.41, 5.74) is 3.67. The molecule has 0 unspecified atom stereocenters. The zero-order valence-corrected chi connectivity index (χ0v) is 18.0. The van der Waals surface area contributed by atoms with Crippen LogP contribution in [-0.4, -0.2) is 30.4 Å². The summed E-state index contributed by atoms with van der Waals surface area (Å²) in [6.07, 6.45) is 1.95. The third-order valence-electron chi connectivity index (χ3n) is 5.59. The van der Waals surface area contributed by atoms with Crippen LogP contribution < -0.4 is 19.5 Å². The molecule has 1 aliphatic rings. The van der Waals surface area contributed by atoms with Crippen LogP contribution in [0.4, 0.5) is 14.7 Å². The van der Waals surface area contributed by atoms with Gasteiger partial charge in [-0.25, -0.2) is 4.98 Å². The molecule has 0 fully saturated rings. The summed E-state index contributed by atoms with van der Waals surface area (Å²) in [4.78, 5) is 4.74. The number of halogens is 2. The molecule has 33 heavy (non-hydrogen) atoms. The first-order valence-electron chi connectivity index (χ1n) is 10.3. The van der Waals surface area contributed by atoms with Crippen molar-refractivity contribution < 1.29 is 23.0 Å². The minimum absolute atomic E-state index is 0.0761. The van der Waals surface area contributed by atoms with E-state index in [0.717, 1.165) is 16.6 Å². The largest absolute Gasteiger partial charge is 0.493 e. The van der Waals surface area contributed by atoms with Gasteiger partial charge in [-0.15, -0.1) is 0 Å². The van der Waals surface area contributed by atoms with Crippen LogP contribution >= 0.6 is 0 Å². The minimum atomic E-state index is -2.94. The van der Waals surface area contributed by atoms with Crippen molar-refractivity contribution in [1.29, 1.82) is 0 Å². The van der Waals surface area contributed by atoms with Gasteiger partial charge < -0.3 is 19.5 Å². The summed E-state index contributed by atoms with van der Waals surface area (Å²) >= 11 is 0. The van der Waals surface area contributed by atoms with Gasteiger partial charge in [-0.05, 0) is 36.4 Å². The molecule has 0 saturated heterocycles. The van der Waals surface area contributed by atoms with Crippen molar-refractivity contribution in [1.82, 2.24) is 9.55 Å². The molecule has 168 valence electrons. The fourth-order valence-corrected chi connectivity index (χ4v) is 4.23. The van der Waals surface area contributed by atoms with Crippen LogP contribution in [0.2, 0.25) is 0 Å². The molecule has 0 spiro atoms. The molecule has 1 N–H and O–H groups in total. The number of allylic oxidation sites excluding steroid dienone is 1. The lowest BCUT2D eigenvalue weighted by atomic mass is 9.99. The number of benzene rings is 3. The van der Waals surface area contributed by atoms with Crippen molar-refractivity contribution >= 4 is 22.7 Å². The first-order valence-corrected chi connectivity index (χ1v) is 10.3. The van der Waals surface area contributed by atoms with E-state index < -0.39 is 6.61 Å². The molecular weight excluding hydrogens is 428 g/mol. The highest BCUT2D eigenvalue weighted by Crippen LogP contribution is 2.43. The maximum atomic E-state index is 13.1. The van der Waals surface area contributed by atoms with Crippen LogP contribution in [0.1, 0.15) is 17.2 Å². The monoisotopic (exact) mass is 449 g/mol. The van der Waals surface area contributed by atoms with Gasteiger partial charge in [0.1, 0.15) is 5.75 Å². The van der Waals surface area contributed by atoms with Gasteiger partial charge in [-0.1, -0.05) is 36.4 Å². The number of hydrogen-bond acceptors (Lipinski definition) is 5. The van der Waals surface area contributed by atoms with Gasteiger partial charge in [0.2, 0.25) is 5.95 Å². The summed E-state index contributed by atoms with van der Waals surface area (Å²) in [6, 6.07) is 19.8. The summed E-state index contributed by atoms with van der Waals surface area (Å²) in [5.74, 6) is 1.84. The highest BCUT2D eigenvalue weighted by atomic mass is 19.3. The average molecular weight is 449 g/mol. The fraction of sp³-hybridized carbons (Fsp3) is 0.160. The number of nitrogens with zero attached hydrogens (tertiary/aromatic N) is 2. The van der Waals surface area contributed by atoms with E-state index in [2.05, 4.69) is 5.32 Å². The Morgan fingerprint density at radius 3 is 2.45 bits per heavy atom. The number of alkyl halides is 2. The summed E-state index contributed by atoms with van der Waals surface area (Å²) in [6.45, 7) is -2.94. The van der Waals surface area contributed by atoms with Gasteiger partial charge in [0, 0.05) is 11.1 Å². The van der Waals surface area contributed by atoms with Crippen molar-refractivity contribution in [3.05, 3.63) is 83.9 Å². The number of nitrogens with one attached hydrogen (secondary N) is 1. The van der Waals surface area contributed by atoms with Crippen LogP contribution in [0, 0.1) is 0 Å². The van der Waals surface area contributed by atoms with E-state index in [-0.39, 0.29) is 11.8 Å². The predicted molar refractivity (Wildman–Crippen MR) is 122 cm³/mol. The quantitative estimate of drug-likeness (QED) is 0.409. The van der Waals surface area contributed by atoms with E-state index >= 15 is 0 Å². The topological polar surface area (TPSA) is 57.5 Å². The van der Waals surface area contributed by atoms with Gasteiger partial charge in [0.05, 0.1) is 37.0 Å². The van der Waals surface area contributed by atoms with E-state index in [9.17, 15) is 8.78 Å². The van der Waals surface area contributed by atoms with Crippen molar-refractivity contribution in [2.75, 3.05) is 19.5 Å². The van der Waals surface area contributed by atoms with Gasteiger partial charge in [0.15, 0.2) is 11.5 Å². The molecular formula is C25H21F2N3O3. The number of hydrogen-bond donors (Lipinski definition) is 1. The zero-order valence-electron chi connectivity index (χ0n) is 18.0. The predicted octanol–water partition coefficient (Wildman–Crippen LogP) is 5.71. The maximum absolute atomic E-state index is 13.1. The molecule has 2 heterocycles. The van der Waals surface area contributed by atoms with Gasteiger partial charge in [-0.3, -0.25) is 4.57 Å². The molecule has 0 aliphatic carbocycles. The molecule has 6 nitrogen and oxygen atoms in total. The summed E-state index contributed by atoms with van der Waals surface area (Å²) in [5, 5.41) is 3.30. The number of rotatable bonds is 6. The molecule has 1 aromatic heterocycles. The SMILES string of the molecule is COc1cccc([C@H]2C=C(c3ccccc3OC(F)F)Nc3nc4ccccc4n32)c1OC. The second-order valence-electron chi connectivity index (χ2n) is 7.40. The van der Waals surface area contributed by atoms with Crippen molar-refractivity contribution in [2.24, 2.45) is 0 Å². The van der Waals surface area contributed by atoms with E-state index in [1.807, 2.05) is 53.1 Å². The first-order chi connectivity index (χ1) is 16.1. The highest BCUT2D eigenvalue weighted by molar-refractivity contribution is 5.87. The highest BCUT2D eigenvalue weighted by Gasteiger charge is 2.29. The molecule has 0 saturated carbocycles. The second kappa shape index (κ2) is 8.46. The Labute approximate surface area is 189 Å². The Balaban J connectivity index is 1.74. The fourth-order valence-electron chi connectivity index (χ4n) is 4.23. The third kappa shape index (κ3) is 3.63. The summed E-state index contributed by atoms with van der Waals surface area (Å²) < 4.78 is 44.2. The smallest absolute Gasteiger partial charge is 0.387 e. The lowest BCUT2D eigenvalue weighted by Gasteiger charge is -2.28. The van der Waals surface area contributed by atoms with Crippen molar-refractivity contribution in [2.45, 2.75) is 12.7 Å². The number of fused-ring (bicyclic) bond motifs is 3. The number of imidazole rings is 1.